The molecule has 2 rings (SSSR count). The van der Waals surface area contributed by atoms with E-state index in [9.17, 15) is 0 Å². The molecule has 0 spiro atoms. The van der Waals surface area contributed by atoms with Crippen LogP contribution in [-0.2, 0) is 0 Å². The molecule has 74 valence electrons. The molecule has 4 heteroatoms. The molecular formula is C10H11ClN2S. The minimum atomic E-state index is 0.750. The van der Waals surface area contributed by atoms with E-state index in [1.165, 1.54) is 5.56 Å². The number of aryl methyl sites for hydroxylation is 1. The van der Waals surface area contributed by atoms with Gasteiger partial charge in [-0.25, -0.2) is 0 Å². The zero-order valence-corrected chi connectivity index (χ0v) is 9.45. The maximum absolute atomic E-state index is 6.08. The molecule has 1 aliphatic heterocycles. The predicted molar refractivity (Wildman–Crippen MR) is 64.6 cm³/mol. The van der Waals surface area contributed by atoms with Crippen LogP contribution in [0.2, 0.25) is 5.02 Å². The van der Waals surface area contributed by atoms with Gasteiger partial charge in [0.05, 0.1) is 17.3 Å². The van der Waals surface area contributed by atoms with E-state index in [2.05, 4.69) is 10.3 Å². The lowest BCUT2D eigenvalue weighted by Gasteiger charge is -2.07. The van der Waals surface area contributed by atoms with Crippen molar-refractivity contribution in [2.24, 2.45) is 4.99 Å². The summed E-state index contributed by atoms with van der Waals surface area (Å²) in [5.41, 5.74) is 2.10. The van der Waals surface area contributed by atoms with Gasteiger partial charge in [-0.2, -0.15) is 0 Å². The van der Waals surface area contributed by atoms with Gasteiger partial charge in [0.25, 0.3) is 0 Å². The van der Waals surface area contributed by atoms with Crippen molar-refractivity contribution in [3.05, 3.63) is 28.8 Å². The van der Waals surface area contributed by atoms with E-state index in [0.717, 1.165) is 28.2 Å². The molecule has 1 aromatic carbocycles. The number of halogens is 1. The Morgan fingerprint density at radius 1 is 1.50 bits per heavy atom. The number of amidine groups is 1. The summed E-state index contributed by atoms with van der Waals surface area (Å²) in [6.07, 6.45) is 0. The molecular weight excluding hydrogens is 216 g/mol. The van der Waals surface area contributed by atoms with Gasteiger partial charge in [-0.3, -0.25) is 4.99 Å². The van der Waals surface area contributed by atoms with Crippen molar-refractivity contribution in [1.29, 1.82) is 0 Å². The molecule has 0 radical (unpaired) electrons. The lowest BCUT2D eigenvalue weighted by molar-refractivity contribution is 1.17. The van der Waals surface area contributed by atoms with E-state index in [0.29, 0.717) is 0 Å². The van der Waals surface area contributed by atoms with E-state index < -0.39 is 0 Å². The first-order valence-electron chi connectivity index (χ1n) is 4.46. The Morgan fingerprint density at radius 3 is 3.00 bits per heavy atom. The first-order chi connectivity index (χ1) is 6.75. The van der Waals surface area contributed by atoms with Gasteiger partial charge in [0.2, 0.25) is 0 Å². The highest BCUT2D eigenvalue weighted by molar-refractivity contribution is 8.14. The second-order valence-electron chi connectivity index (χ2n) is 3.14. The van der Waals surface area contributed by atoms with Crippen molar-refractivity contribution in [1.82, 2.24) is 0 Å². The minimum Gasteiger partial charge on any atom is -0.334 e. The van der Waals surface area contributed by atoms with Crippen molar-refractivity contribution in [3.63, 3.8) is 0 Å². The number of hydrogen-bond donors (Lipinski definition) is 1. The van der Waals surface area contributed by atoms with Crippen LogP contribution in [0, 0.1) is 6.92 Å². The summed E-state index contributed by atoms with van der Waals surface area (Å²) in [7, 11) is 0. The maximum Gasteiger partial charge on any atom is 0.161 e. The number of hydrogen-bond acceptors (Lipinski definition) is 3. The number of nitrogens with one attached hydrogen (secondary N) is 1. The Kier molecular flexibility index (Phi) is 2.99. The second kappa shape index (κ2) is 4.24. The minimum absolute atomic E-state index is 0.750. The van der Waals surface area contributed by atoms with Crippen LogP contribution in [0.5, 0.6) is 0 Å². The highest BCUT2D eigenvalue weighted by Crippen LogP contribution is 2.24. The number of nitrogens with zero attached hydrogens (tertiary/aromatic N) is 1. The molecule has 1 aromatic rings. The van der Waals surface area contributed by atoms with Crippen LogP contribution < -0.4 is 5.32 Å². The lowest BCUT2D eigenvalue weighted by atomic mass is 10.2. The molecule has 0 saturated heterocycles. The average Bonchev–Trinajstić information content (AvgIpc) is 2.62. The Labute approximate surface area is 92.8 Å². The standard InChI is InChI=1S/C10H11ClN2S/c1-7-2-3-9(8(11)6-7)13-10-12-4-5-14-10/h2-3,6H,4-5H2,1H3,(H,12,13). The molecule has 1 aliphatic rings. The molecule has 0 aromatic heterocycles. The topological polar surface area (TPSA) is 24.4 Å². The van der Waals surface area contributed by atoms with Crippen LogP contribution >= 0.6 is 23.4 Å². The van der Waals surface area contributed by atoms with Gasteiger partial charge < -0.3 is 5.32 Å². The summed E-state index contributed by atoms with van der Waals surface area (Å²) < 4.78 is 0. The average molecular weight is 227 g/mol. The Hall–Kier alpha value is -0.670. The third-order valence-electron chi connectivity index (χ3n) is 1.95. The molecule has 0 fully saturated rings. The number of benzene rings is 1. The van der Waals surface area contributed by atoms with Gasteiger partial charge in [-0.1, -0.05) is 29.4 Å². The fourth-order valence-corrected chi connectivity index (χ4v) is 2.27. The molecule has 0 saturated carbocycles. The van der Waals surface area contributed by atoms with E-state index in [-0.39, 0.29) is 0 Å². The lowest BCUT2D eigenvalue weighted by Crippen LogP contribution is -2.05. The highest BCUT2D eigenvalue weighted by atomic mass is 35.5. The maximum atomic E-state index is 6.08. The van der Waals surface area contributed by atoms with E-state index in [1.54, 1.807) is 11.8 Å². The summed E-state index contributed by atoms with van der Waals surface area (Å²) >= 11 is 7.81. The van der Waals surface area contributed by atoms with Crippen molar-refractivity contribution in [2.75, 3.05) is 17.6 Å². The van der Waals surface area contributed by atoms with E-state index in [4.69, 9.17) is 11.6 Å². The van der Waals surface area contributed by atoms with Gasteiger partial charge in [0.15, 0.2) is 5.17 Å². The smallest absolute Gasteiger partial charge is 0.161 e. The van der Waals surface area contributed by atoms with E-state index >= 15 is 0 Å². The number of aliphatic imine (C=N–C) groups is 1. The van der Waals surface area contributed by atoms with Crippen LogP contribution in [0.4, 0.5) is 5.69 Å². The fraction of sp³-hybridized carbons (Fsp3) is 0.300. The summed E-state index contributed by atoms with van der Waals surface area (Å²) in [6, 6.07) is 5.97. The van der Waals surface area contributed by atoms with E-state index in [1.807, 2.05) is 25.1 Å². The molecule has 0 unspecified atom stereocenters. The molecule has 14 heavy (non-hydrogen) atoms. The SMILES string of the molecule is Cc1ccc(NC2=NCCS2)c(Cl)c1. The summed E-state index contributed by atoms with van der Waals surface area (Å²) in [6.45, 7) is 2.92. The van der Waals surface area contributed by atoms with Crippen molar-refractivity contribution in [3.8, 4) is 0 Å². The van der Waals surface area contributed by atoms with Crippen LogP contribution in [0.1, 0.15) is 5.56 Å². The highest BCUT2D eigenvalue weighted by Gasteiger charge is 2.08. The van der Waals surface area contributed by atoms with Gasteiger partial charge in [0, 0.05) is 5.75 Å². The Bertz CT molecular complexity index is 376. The fourth-order valence-electron chi connectivity index (χ4n) is 1.25. The molecule has 0 atom stereocenters. The van der Waals surface area contributed by atoms with Gasteiger partial charge >= 0.3 is 0 Å². The zero-order valence-electron chi connectivity index (χ0n) is 7.88. The molecule has 1 N–H and O–H groups in total. The van der Waals surface area contributed by atoms with Gasteiger partial charge in [0.1, 0.15) is 0 Å². The molecule has 0 bridgehead atoms. The predicted octanol–water partition coefficient (Wildman–Crippen LogP) is 3.16. The Balaban J connectivity index is 2.16. The van der Waals surface area contributed by atoms with Crippen molar-refractivity contribution >= 4 is 34.2 Å². The zero-order chi connectivity index (χ0) is 9.97. The second-order valence-corrected chi connectivity index (χ2v) is 4.63. The first-order valence-corrected chi connectivity index (χ1v) is 5.82. The van der Waals surface area contributed by atoms with Crippen LogP contribution in [0.15, 0.2) is 23.2 Å². The monoisotopic (exact) mass is 226 g/mol. The number of thioether (sulfide) groups is 1. The normalized spacial score (nSPS) is 15.4. The first kappa shape index (κ1) is 9.87. The quantitative estimate of drug-likeness (QED) is 0.796. The summed E-state index contributed by atoms with van der Waals surface area (Å²) in [5.74, 6) is 1.06. The summed E-state index contributed by atoms with van der Waals surface area (Å²) in [5, 5.41) is 4.94. The van der Waals surface area contributed by atoms with Crippen molar-refractivity contribution in [2.45, 2.75) is 6.92 Å². The largest absolute Gasteiger partial charge is 0.334 e. The van der Waals surface area contributed by atoms with Crippen LogP contribution in [0.25, 0.3) is 0 Å². The third kappa shape index (κ3) is 2.22. The third-order valence-corrected chi connectivity index (χ3v) is 3.16. The van der Waals surface area contributed by atoms with Crippen LogP contribution in [0.3, 0.4) is 0 Å². The van der Waals surface area contributed by atoms with Gasteiger partial charge in [-0.05, 0) is 24.6 Å². The van der Waals surface area contributed by atoms with Crippen molar-refractivity contribution < 1.29 is 0 Å². The molecule has 0 aliphatic carbocycles. The number of rotatable bonds is 1. The summed E-state index contributed by atoms with van der Waals surface area (Å²) in [4.78, 5) is 4.30. The number of anilines is 1. The molecule has 2 nitrogen and oxygen atoms in total. The Morgan fingerprint density at radius 2 is 2.36 bits per heavy atom. The van der Waals surface area contributed by atoms with Crippen LogP contribution in [-0.4, -0.2) is 17.5 Å². The molecule has 0 amide bonds. The molecule has 1 heterocycles. The van der Waals surface area contributed by atoms with Gasteiger partial charge in [-0.15, -0.1) is 0 Å².